The van der Waals surface area contributed by atoms with Gasteiger partial charge in [-0.15, -0.1) is 0 Å². The summed E-state index contributed by atoms with van der Waals surface area (Å²) in [6, 6.07) is -0.275. The minimum atomic E-state index is -0.302. The van der Waals surface area contributed by atoms with Crippen LogP contribution in [-0.2, 0) is 4.79 Å². The van der Waals surface area contributed by atoms with Crippen LogP contribution in [0.5, 0.6) is 0 Å². The highest BCUT2D eigenvalue weighted by atomic mass is 16.2. The summed E-state index contributed by atoms with van der Waals surface area (Å²) in [6.07, 6.45) is 3.26. The van der Waals surface area contributed by atoms with Gasteiger partial charge in [-0.1, -0.05) is 0 Å². The maximum Gasteiger partial charge on any atom is 0.432 e. The van der Waals surface area contributed by atoms with Crippen molar-refractivity contribution in [3.05, 3.63) is 12.0 Å². The van der Waals surface area contributed by atoms with E-state index in [1.165, 1.54) is 4.90 Å². The standard InChI is InChI=1S/C15H23N6O3/c1-4-21(3)14(23)12-13(17(2)15(21)24)16-10-20(12)19-7-5-6-18(11-22)8-9-19/h10-11H,4-9H2,1-3H3/q+1. The molecule has 0 radical (unpaired) electrons. The Morgan fingerprint density at radius 3 is 2.67 bits per heavy atom. The van der Waals surface area contributed by atoms with E-state index in [0.717, 1.165) is 12.8 Å². The molecular formula is C15H23N6O3+. The molecule has 1 aromatic heterocycles. The molecule has 24 heavy (non-hydrogen) atoms. The quantitative estimate of drug-likeness (QED) is 0.567. The first kappa shape index (κ1) is 16.4. The van der Waals surface area contributed by atoms with Gasteiger partial charge in [0.25, 0.3) is 0 Å². The lowest BCUT2D eigenvalue weighted by Gasteiger charge is -2.36. The number of hydrogen-bond acceptors (Lipinski definition) is 5. The third kappa shape index (κ3) is 2.27. The van der Waals surface area contributed by atoms with Gasteiger partial charge in [0.05, 0.1) is 20.1 Å². The van der Waals surface area contributed by atoms with Crippen LogP contribution in [0, 0.1) is 0 Å². The third-order valence-electron chi connectivity index (χ3n) is 5.00. The number of carbonyl (C=O) groups excluding carboxylic acids is 3. The van der Waals surface area contributed by atoms with Gasteiger partial charge >= 0.3 is 11.9 Å². The minimum Gasteiger partial charge on any atom is -0.343 e. The Kier molecular flexibility index (Phi) is 4.04. The van der Waals surface area contributed by atoms with E-state index >= 15 is 0 Å². The zero-order valence-corrected chi connectivity index (χ0v) is 14.3. The molecule has 2 aliphatic rings. The lowest BCUT2D eigenvalue weighted by molar-refractivity contribution is -0.742. The van der Waals surface area contributed by atoms with Crippen molar-refractivity contribution in [3.8, 4) is 0 Å². The average molecular weight is 335 g/mol. The number of carbonyl (C=O) groups is 3. The lowest BCUT2D eigenvalue weighted by Crippen LogP contribution is -2.62. The molecule has 0 aliphatic carbocycles. The molecule has 1 aromatic rings. The predicted molar refractivity (Wildman–Crippen MR) is 87.3 cm³/mol. The van der Waals surface area contributed by atoms with Crippen LogP contribution in [0.2, 0.25) is 0 Å². The van der Waals surface area contributed by atoms with Crippen LogP contribution in [0.3, 0.4) is 0 Å². The number of amides is 4. The van der Waals surface area contributed by atoms with Gasteiger partial charge in [-0.05, 0) is 13.3 Å². The topological polar surface area (TPSA) is 78.8 Å². The Morgan fingerprint density at radius 2 is 2.00 bits per heavy atom. The summed E-state index contributed by atoms with van der Waals surface area (Å²) >= 11 is 0. The first-order valence-corrected chi connectivity index (χ1v) is 8.14. The van der Waals surface area contributed by atoms with Gasteiger partial charge < -0.3 is 9.91 Å². The maximum atomic E-state index is 13.0. The largest absolute Gasteiger partial charge is 0.432 e. The second-order valence-electron chi connectivity index (χ2n) is 6.36. The van der Waals surface area contributed by atoms with Crippen molar-refractivity contribution in [2.75, 3.05) is 56.7 Å². The van der Waals surface area contributed by atoms with E-state index < -0.39 is 0 Å². The number of aromatic nitrogens is 2. The molecule has 1 atom stereocenters. The van der Waals surface area contributed by atoms with E-state index in [9.17, 15) is 14.4 Å². The molecule has 1 fully saturated rings. The molecule has 0 saturated carbocycles. The Hall–Kier alpha value is -2.42. The summed E-state index contributed by atoms with van der Waals surface area (Å²) < 4.78 is 1.45. The maximum absolute atomic E-state index is 13.0. The molecule has 1 unspecified atom stereocenters. The number of rotatable bonds is 3. The molecule has 2 aliphatic heterocycles. The Bertz CT molecular complexity index is 687. The third-order valence-corrected chi connectivity index (χ3v) is 5.00. The molecule has 130 valence electrons. The highest BCUT2D eigenvalue weighted by molar-refractivity contribution is 6.07. The number of hydrogen-bond donors (Lipinski definition) is 0. The van der Waals surface area contributed by atoms with Crippen LogP contribution in [0.25, 0.3) is 0 Å². The summed E-state index contributed by atoms with van der Waals surface area (Å²) in [5.74, 6) is 0.148. The first-order valence-electron chi connectivity index (χ1n) is 8.14. The van der Waals surface area contributed by atoms with Gasteiger partial charge in [0.1, 0.15) is 6.33 Å². The Labute approximate surface area is 140 Å². The molecule has 3 heterocycles. The fraction of sp³-hybridized carbons (Fsp3) is 0.600. The van der Waals surface area contributed by atoms with Crippen molar-refractivity contribution in [2.24, 2.45) is 0 Å². The highest BCUT2D eigenvalue weighted by Crippen LogP contribution is 2.30. The second kappa shape index (κ2) is 5.90. The Balaban J connectivity index is 2.00. The van der Waals surface area contributed by atoms with Crippen LogP contribution in [0.4, 0.5) is 10.6 Å². The first-order chi connectivity index (χ1) is 11.4. The summed E-state index contributed by atoms with van der Waals surface area (Å²) in [5, 5.41) is 2.01. The normalized spacial score (nSPS) is 24.9. The van der Waals surface area contributed by atoms with Crippen LogP contribution in [0.15, 0.2) is 6.33 Å². The molecule has 0 N–H and O–H groups in total. The molecular weight excluding hydrogens is 312 g/mol. The number of quaternary nitrogens is 1. The SMILES string of the molecule is CC[N+]1(C)C(=O)c2c(ncn2N2CCCN(C=O)CC2)N(C)C1=O. The van der Waals surface area contributed by atoms with Crippen molar-refractivity contribution >= 4 is 24.2 Å². The summed E-state index contributed by atoms with van der Waals surface area (Å²) in [6.45, 7) is 4.83. The van der Waals surface area contributed by atoms with Crippen LogP contribution < -0.4 is 9.91 Å². The molecule has 9 nitrogen and oxygen atoms in total. The summed E-state index contributed by atoms with van der Waals surface area (Å²) in [4.78, 5) is 44.0. The van der Waals surface area contributed by atoms with Crippen LogP contribution >= 0.6 is 0 Å². The van der Waals surface area contributed by atoms with Crippen molar-refractivity contribution < 1.29 is 18.9 Å². The molecule has 0 bridgehead atoms. The monoisotopic (exact) mass is 335 g/mol. The lowest BCUT2D eigenvalue weighted by atomic mass is 10.2. The molecule has 4 amide bonds. The zero-order valence-electron chi connectivity index (χ0n) is 14.3. The van der Waals surface area contributed by atoms with Gasteiger partial charge in [0.15, 0.2) is 5.82 Å². The number of imide groups is 1. The fourth-order valence-electron chi connectivity index (χ4n) is 3.25. The van der Waals surface area contributed by atoms with Gasteiger partial charge in [-0.3, -0.25) is 4.79 Å². The van der Waals surface area contributed by atoms with E-state index in [1.54, 1.807) is 30.0 Å². The zero-order chi connectivity index (χ0) is 17.5. The average Bonchev–Trinajstić information content (AvgIpc) is 2.89. The van der Waals surface area contributed by atoms with Crippen molar-refractivity contribution in [1.29, 1.82) is 0 Å². The van der Waals surface area contributed by atoms with E-state index in [4.69, 9.17) is 0 Å². The summed E-state index contributed by atoms with van der Waals surface area (Å²) in [5.41, 5.74) is 0.431. The molecule has 3 rings (SSSR count). The Morgan fingerprint density at radius 1 is 1.25 bits per heavy atom. The molecule has 0 spiro atoms. The van der Waals surface area contributed by atoms with Gasteiger partial charge in [-0.2, -0.15) is 4.48 Å². The van der Waals surface area contributed by atoms with Gasteiger partial charge in [0, 0.05) is 26.7 Å². The van der Waals surface area contributed by atoms with Gasteiger partial charge in [-0.25, -0.2) is 24.1 Å². The van der Waals surface area contributed by atoms with Crippen molar-refractivity contribution in [1.82, 2.24) is 14.6 Å². The van der Waals surface area contributed by atoms with Crippen molar-refractivity contribution in [3.63, 3.8) is 0 Å². The van der Waals surface area contributed by atoms with E-state index in [1.807, 2.05) is 11.9 Å². The van der Waals surface area contributed by atoms with Crippen LogP contribution in [-0.4, -0.2) is 84.2 Å². The predicted octanol–water partition coefficient (Wildman–Crippen LogP) is -0.140. The highest BCUT2D eigenvalue weighted by Gasteiger charge is 2.51. The number of nitrogens with zero attached hydrogens (tertiary/aromatic N) is 6. The van der Waals surface area contributed by atoms with Crippen molar-refractivity contribution in [2.45, 2.75) is 13.3 Å². The van der Waals surface area contributed by atoms with Gasteiger partial charge in [0.2, 0.25) is 12.1 Å². The minimum absolute atomic E-state index is 0.246. The van der Waals surface area contributed by atoms with E-state index in [0.29, 0.717) is 44.2 Å². The summed E-state index contributed by atoms with van der Waals surface area (Å²) in [7, 11) is 3.28. The smallest absolute Gasteiger partial charge is 0.343 e. The number of fused-ring (bicyclic) bond motifs is 1. The molecule has 1 saturated heterocycles. The number of anilines is 1. The van der Waals surface area contributed by atoms with Crippen LogP contribution in [0.1, 0.15) is 23.8 Å². The van der Waals surface area contributed by atoms with E-state index in [2.05, 4.69) is 4.98 Å². The second-order valence-corrected chi connectivity index (χ2v) is 6.36. The molecule has 9 heteroatoms. The van der Waals surface area contributed by atoms with E-state index in [-0.39, 0.29) is 16.4 Å². The number of imidazole rings is 1. The molecule has 0 aromatic carbocycles. The fourth-order valence-corrected chi connectivity index (χ4v) is 3.25. The number of urea groups is 1.